The predicted octanol–water partition coefficient (Wildman–Crippen LogP) is 3.98. The Hall–Kier alpha value is -3.74. The van der Waals surface area contributed by atoms with Crippen molar-refractivity contribution in [2.45, 2.75) is 57.3 Å². The van der Waals surface area contributed by atoms with Crippen LogP contribution in [-0.4, -0.2) is 75.2 Å². The number of pyridine rings is 1. The van der Waals surface area contributed by atoms with Gasteiger partial charge in [-0.1, -0.05) is 0 Å². The number of amides is 1. The maximum absolute atomic E-state index is 13.1. The number of nitrogens with zero attached hydrogens (tertiary/aromatic N) is 7. The van der Waals surface area contributed by atoms with Gasteiger partial charge in [0.2, 0.25) is 5.91 Å². The first-order chi connectivity index (χ1) is 19.3. The van der Waals surface area contributed by atoms with E-state index in [0.717, 1.165) is 61.8 Å². The Kier molecular flexibility index (Phi) is 7.07. The van der Waals surface area contributed by atoms with E-state index in [1.807, 2.05) is 19.9 Å². The monoisotopic (exact) mass is 553 g/mol. The summed E-state index contributed by atoms with van der Waals surface area (Å²) in [6, 6.07) is 3.66. The molecule has 3 aliphatic rings. The lowest BCUT2D eigenvalue weighted by Crippen LogP contribution is -2.36. The third-order valence-electron chi connectivity index (χ3n) is 8.15. The highest BCUT2D eigenvalue weighted by Gasteiger charge is 2.43. The Morgan fingerprint density at radius 1 is 1.12 bits per heavy atom. The molecule has 0 saturated carbocycles. The molecule has 3 aromatic heterocycles. The summed E-state index contributed by atoms with van der Waals surface area (Å²) in [5.41, 5.74) is 2.27. The normalized spacial score (nSPS) is 19.3. The number of halogens is 2. The minimum Gasteiger partial charge on any atom is -0.414 e. The molecule has 6 rings (SSSR count). The molecule has 3 aliphatic heterocycles. The van der Waals surface area contributed by atoms with Crippen molar-refractivity contribution in [1.29, 1.82) is 0 Å². The van der Waals surface area contributed by atoms with Crippen LogP contribution >= 0.6 is 0 Å². The van der Waals surface area contributed by atoms with Gasteiger partial charge in [-0.3, -0.25) is 4.79 Å². The van der Waals surface area contributed by atoms with E-state index in [4.69, 9.17) is 9.40 Å². The maximum atomic E-state index is 13.1. The van der Waals surface area contributed by atoms with Gasteiger partial charge in [-0.25, -0.2) is 15.0 Å². The van der Waals surface area contributed by atoms with Gasteiger partial charge in [-0.2, -0.15) is 8.78 Å². The SMILES string of the molecule is CC1(C)C(=O)Nc2ncnc(N3CCC(c4nc(-c5nnc(C(F)F)o5)ccc4NCCN4CCCC4)CC3)c21. The van der Waals surface area contributed by atoms with Crippen LogP contribution in [0, 0.1) is 0 Å². The molecule has 0 spiro atoms. The molecule has 6 heterocycles. The van der Waals surface area contributed by atoms with E-state index in [9.17, 15) is 13.6 Å². The van der Waals surface area contributed by atoms with Crippen LogP contribution in [0.3, 0.4) is 0 Å². The van der Waals surface area contributed by atoms with E-state index >= 15 is 0 Å². The standard InChI is InChI=1S/C27H33F2N9O2/c1-27(2)19-22(34-26(27)39)31-15-32-23(19)38-12-7-16(8-13-38)20-17(30-9-14-37-10-3-4-11-37)5-6-18(33-20)24-35-36-25(40-24)21(28)29/h5-6,15-16,21,30H,3-4,7-14H2,1-2H3,(H,31,32,34,39). The van der Waals surface area contributed by atoms with Gasteiger partial charge in [0.15, 0.2) is 0 Å². The lowest BCUT2D eigenvalue weighted by Gasteiger charge is -2.35. The Balaban J connectivity index is 1.23. The molecule has 1 amide bonds. The third-order valence-corrected chi connectivity index (χ3v) is 8.15. The van der Waals surface area contributed by atoms with Crippen molar-refractivity contribution in [3.8, 4) is 11.6 Å². The molecule has 0 aliphatic carbocycles. The molecule has 0 radical (unpaired) electrons. The topological polar surface area (TPSA) is 125 Å². The number of piperidine rings is 1. The molecular weight excluding hydrogens is 520 g/mol. The van der Waals surface area contributed by atoms with Crippen molar-refractivity contribution in [2.75, 3.05) is 54.8 Å². The summed E-state index contributed by atoms with van der Waals surface area (Å²) in [6.45, 7) is 9.19. The van der Waals surface area contributed by atoms with Gasteiger partial charge >= 0.3 is 6.43 Å². The van der Waals surface area contributed by atoms with Gasteiger partial charge in [0.25, 0.3) is 11.8 Å². The van der Waals surface area contributed by atoms with E-state index in [0.29, 0.717) is 24.6 Å². The number of likely N-dealkylation sites (tertiary alicyclic amines) is 1. The van der Waals surface area contributed by atoms with Crippen LogP contribution in [0.1, 0.15) is 69.0 Å². The average molecular weight is 554 g/mol. The number of fused-ring (bicyclic) bond motifs is 1. The summed E-state index contributed by atoms with van der Waals surface area (Å²) in [6.07, 6.45) is 2.72. The molecule has 13 heteroatoms. The number of rotatable bonds is 8. The first-order valence-electron chi connectivity index (χ1n) is 13.8. The number of carbonyl (C=O) groups is 1. The second kappa shape index (κ2) is 10.7. The van der Waals surface area contributed by atoms with Gasteiger partial charge in [-0.05, 0) is 64.8 Å². The van der Waals surface area contributed by atoms with Crippen molar-refractivity contribution in [2.24, 2.45) is 0 Å². The fourth-order valence-electron chi connectivity index (χ4n) is 5.86. The van der Waals surface area contributed by atoms with Crippen LogP contribution in [-0.2, 0) is 10.2 Å². The van der Waals surface area contributed by atoms with E-state index < -0.39 is 17.7 Å². The van der Waals surface area contributed by atoms with Crippen molar-refractivity contribution in [1.82, 2.24) is 30.0 Å². The van der Waals surface area contributed by atoms with Crippen LogP contribution in [0.5, 0.6) is 0 Å². The third kappa shape index (κ3) is 4.98. The first kappa shape index (κ1) is 26.5. The Bertz CT molecular complexity index is 1380. The minimum absolute atomic E-state index is 0.0199. The highest BCUT2D eigenvalue weighted by atomic mass is 19.3. The predicted molar refractivity (Wildman–Crippen MR) is 145 cm³/mol. The minimum atomic E-state index is -2.84. The molecule has 11 nitrogen and oxygen atoms in total. The zero-order valence-electron chi connectivity index (χ0n) is 22.7. The van der Waals surface area contributed by atoms with E-state index in [1.54, 1.807) is 6.07 Å². The summed E-state index contributed by atoms with van der Waals surface area (Å²) >= 11 is 0. The fourth-order valence-corrected chi connectivity index (χ4v) is 5.86. The lowest BCUT2D eigenvalue weighted by atomic mass is 9.86. The highest BCUT2D eigenvalue weighted by Crippen LogP contribution is 2.43. The number of hydrogen-bond acceptors (Lipinski definition) is 10. The molecule has 0 aromatic carbocycles. The van der Waals surface area contributed by atoms with Gasteiger partial charge in [0.1, 0.15) is 23.7 Å². The van der Waals surface area contributed by atoms with Crippen molar-refractivity contribution >= 4 is 23.2 Å². The lowest BCUT2D eigenvalue weighted by molar-refractivity contribution is -0.119. The van der Waals surface area contributed by atoms with Gasteiger partial charge in [0.05, 0.1) is 22.4 Å². The maximum Gasteiger partial charge on any atom is 0.314 e. The molecule has 212 valence electrons. The molecule has 2 saturated heterocycles. The van der Waals surface area contributed by atoms with Crippen LogP contribution in [0.25, 0.3) is 11.6 Å². The quantitative estimate of drug-likeness (QED) is 0.423. The second-order valence-electron chi connectivity index (χ2n) is 11.1. The summed E-state index contributed by atoms with van der Waals surface area (Å²) in [4.78, 5) is 30.9. The van der Waals surface area contributed by atoms with Crippen LogP contribution in [0.2, 0.25) is 0 Å². The van der Waals surface area contributed by atoms with Crippen LogP contribution < -0.4 is 15.5 Å². The van der Waals surface area contributed by atoms with E-state index in [-0.39, 0.29) is 17.7 Å². The number of aromatic nitrogens is 5. The summed E-state index contributed by atoms with van der Waals surface area (Å²) in [7, 11) is 0. The Morgan fingerprint density at radius 3 is 2.62 bits per heavy atom. The summed E-state index contributed by atoms with van der Waals surface area (Å²) < 4.78 is 31.3. The highest BCUT2D eigenvalue weighted by molar-refractivity contribution is 6.06. The Labute approximate surface area is 230 Å². The second-order valence-corrected chi connectivity index (χ2v) is 11.1. The molecule has 40 heavy (non-hydrogen) atoms. The number of carbonyl (C=O) groups excluding carboxylic acids is 1. The molecule has 0 atom stereocenters. The number of nitrogens with one attached hydrogen (secondary N) is 2. The number of hydrogen-bond donors (Lipinski definition) is 2. The number of alkyl halides is 2. The van der Waals surface area contributed by atoms with Crippen molar-refractivity contribution < 1.29 is 18.0 Å². The van der Waals surface area contributed by atoms with Crippen LogP contribution in [0.4, 0.5) is 26.1 Å². The van der Waals surface area contributed by atoms with Gasteiger partial charge < -0.3 is 24.9 Å². The smallest absolute Gasteiger partial charge is 0.314 e. The van der Waals surface area contributed by atoms with E-state index in [2.05, 4.69) is 40.6 Å². The molecule has 0 bridgehead atoms. The Morgan fingerprint density at radius 2 is 1.90 bits per heavy atom. The number of anilines is 3. The van der Waals surface area contributed by atoms with Crippen LogP contribution in [0.15, 0.2) is 22.9 Å². The zero-order chi connectivity index (χ0) is 27.9. The van der Waals surface area contributed by atoms with Crippen molar-refractivity contribution in [3.63, 3.8) is 0 Å². The molecule has 2 N–H and O–H groups in total. The van der Waals surface area contributed by atoms with Gasteiger partial charge in [0, 0.05) is 32.1 Å². The summed E-state index contributed by atoms with van der Waals surface area (Å²) in [5.74, 6) is 0.652. The van der Waals surface area contributed by atoms with E-state index in [1.165, 1.54) is 19.2 Å². The zero-order valence-corrected chi connectivity index (χ0v) is 22.7. The largest absolute Gasteiger partial charge is 0.414 e. The molecule has 2 fully saturated rings. The molecule has 0 unspecified atom stereocenters. The fraction of sp³-hybridized carbons (Fsp3) is 0.556. The average Bonchev–Trinajstić information content (AvgIpc) is 3.70. The molecular formula is C27H33F2N9O2. The molecule has 3 aromatic rings. The first-order valence-corrected chi connectivity index (χ1v) is 13.8. The van der Waals surface area contributed by atoms with Crippen molar-refractivity contribution in [3.05, 3.63) is 35.6 Å². The summed E-state index contributed by atoms with van der Waals surface area (Å²) in [5, 5.41) is 13.7. The van der Waals surface area contributed by atoms with Gasteiger partial charge in [-0.15, -0.1) is 10.2 Å².